The Morgan fingerprint density at radius 3 is 2.42 bits per heavy atom. The molecule has 7 heteroatoms. The van der Waals surface area contributed by atoms with Gasteiger partial charge in [0.1, 0.15) is 0 Å². The predicted octanol–water partition coefficient (Wildman–Crippen LogP) is 4.07. The number of benzene rings is 2. The first kappa shape index (κ1) is 23.9. The van der Waals surface area contributed by atoms with Crippen molar-refractivity contribution < 1.29 is 13.2 Å². The van der Waals surface area contributed by atoms with Crippen molar-refractivity contribution in [1.82, 2.24) is 14.9 Å². The zero-order valence-corrected chi connectivity index (χ0v) is 20.2. The van der Waals surface area contributed by atoms with Gasteiger partial charge in [-0.25, -0.2) is 13.1 Å². The van der Waals surface area contributed by atoms with E-state index >= 15 is 0 Å². The lowest BCUT2D eigenvalue weighted by atomic mass is 9.94. The summed E-state index contributed by atoms with van der Waals surface area (Å²) in [5.41, 5.74) is 2.65. The second kappa shape index (κ2) is 10.8. The molecule has 6 nitrogen and oxygen atoms in total. The molecule has 2 aromatic carbocycles. The van der Waals surface area contributed by atoms with Crippen LogP contribution in [-0.4, -0.2) is 38.9 Å². The second-order valence-electron chi connectivity index (χ2n) is 9.48. The number of sulfonamides is 1. The zero-order valence-electron chi connectivity index (χ0n) is 19.4. The maximum atomic E-state index is 12.8. The van der Waals surface area contributed by atoms with Crippen LogP contribution >= 0.6 is 0 Å². The van der Waals surface area contributed by atoms with Crippen molar-refractivity contribution >= 4 is 15.9 Å². The van der Waals surface area contributed by atoms with Gasteiger partial charge in [0.05, 0.1) is 4.90 Å². The van der Waals surface area contributed by atoms with Gasteiger partial charge in [-0.05, 0) is 68.0 Å². The number of amides is 1. The van der Waals surface area contributed by atoms with Crippen molar-refractivity contribution in [2.45, 2.75) is 69.0 Å². The smallest absolute Gasteiger partial charge is 0.251 e. The van der Waals surface area contributed by atoms with Gasteiger partial charge in [-0.1, -0.05) is 49.6 Å². The van der Waals surface area contributed by atoms with E-state index in [0.717, 1.165) is 24.9 Å². The Hall–Kier alpha value is -2.22. The molecule has 2 fully saturated rings. The van der Waals surface area contributed by atoms with Gasteiger partial charge >= 0.3 is 0 Å². The highest BCUT2D eigenvalue weighted by Crippen LogP contribution is 2.28. The lowest BCUT2D eigenvalue weighted by Gasteiger charge is -2.31. The van der Waals surface area contributed by atoms with Gasteiger partial charge in [0.2, 0.25) is 10.0 Å². The van der Waals surface area contributed by atoms with Gasteiger partial charge in [0.25, 0.3) is 5.91 Å². The van der Waals surface area contributed by atoms with Gasteiger partial charge < -0.3 is 5.32 Å². The number of carbonyl (C=O) groups is 1. The molecule has 33 heavy (non-hydrogen) atoms. The molecule has 0 unspecified atom stereocenters. The number of hydrogen-bond donors (Lipinski definition) is 2. The second-order valence-corrected chi connectivity index (χ2v) is 11.2. The van der Waals surface area contributed by atoms with Crippen molar-refractivity contribution in [2.24, 2.45) is 5.92 Å². The molecule has 2 aromatic rings. The Kier molecular flexibility index (Phi) is 7.83. The molecule has 0 spiro atoms. The van der Waals surface area contributed by atoms with E-state index in [2.05, 4.69) is 28.1 Å². The summed E-state index contributed by atoms with van der Waals surface area (Å²) in [4.78, 5) is 15.4. The van der Waals surface area contributed by atoms with Gasteiger partial charge in [0, 0.05) is 31.2 Å². The molecule has 0 saturated heterocycles. The lowest BCUT2D eigenvalue weighted by Crippen LogP contribution is -2.33. The van der Waals surface area contributed by atoms with Crippen LogP contribution in [0.5, 0.6) is 0 Å². The Morgan fingerprint density at radius 2 is 1.70 bits per heavy atom. The topological polar surface area (TPSA) is 78.5 Å². The highest BCUT2D eigenvalue weighted by molar-refractivity contribution is 7.89. The van der Waals surface area contributed by atoms with Crippen LogP contribution in [0.3, 0.4) is 0 Å². The quantitative estimate of drug-likeness (QED) is 0.550. The molecule has 0 radical (unpaired) electrons. The van der Waals surface area contributed by atoms with Crippen LogP contribution in [0.4, 0.5) is 0 Å². The Labute approximate surface area is 197 Å². The summed E-state index contributed by atoms with van der Waals surface area (Å²) in [5.74, 6) is 0.174. The van der Waals surface area contributed by atoms with Crippen LogP contribution in [0.25, 0.3) is 0 Å². The van der Waals surface area contributed by atoms with E-state index in [1.165, 1.54) is 49.8 Å². The van der Waals surface area contributed by atoms with Crippen molar-refractivity contribution in [3.63, 3.8) is 0 Å². The fraction of sp³-hybridized carbons (Fsp3) is 0.500. The number of nitrogens with one attached hydrogen (secondary N) is 2. The van der Waals surface area contributed by atoms with E-state index in [9.17, 15) is 13.2 Å². The monoisotopic (exact) mass is 469 g/mol. The summed E-state index contributed by atoms with van der Waals surface area (Å²) >= 11 is 0. The third kappa shape index (κ3) is 6.65. The zero-order chi connectivity index (χ0) is 23.3. The summed E-state index contributed by atoms with van der Waals surface area (Å²) in [6, 6.07) is 15.1. The number of rotatable bonds is 10. The Balaban J connectivity index is 1.38. The molecule has 2 aliphatic carbocycles. The first-order chi connectivity index (χ1) is 15.9. The van der Waals surface area contributed by atoms with Crippen LogP contribution in [-0.2, 0) is 23.1 Å². The van der Waals surface area contributed by atoms with Gasteiger partial charge in [-0.2, -0.15) is 0 Å². The molecule has 0 aliphatic heterocycles. The van der Waals surface area contributed by atoms with Crippen LogP contribution in [0.1, 0.15) is 66.4 Å². The minimum atomic E-state index is -3.61. The first-order valence-corrected chi connectivity index (χ1v) is 13.6. The largest absolute Gasteiger partial charge is 0.348 e. The van der Waals surface area contributed by atoms with E-state index in [4.69, 9.17) is 0 Å². The minimum Gasteiger partial charge on any atom is -0.348 e. The fourth-order valence-electron chi connectivity index (χ4n) is 4.52. The third-order valence-electron chi connectivity index (χ3n) is 6.84. The molecular formula is C26H35N3O3S. The van der Waals surface area contributed by atoms with Crippen molar-refractivity contribution in [1.29, 1.82) is 0 Å². The van der Waals surface area contributed by atoms with E-state index in [1.54, 1.807) is 12.1 Å². The van der Waals surface area contributed by atoms with Crippen molar-refractivity contribution in [3.8, 4) is 0 Å². The Bertz CT molecular complexity index is 1060. The fourth-order valence-corrected chi connectivity index (χ4v) is 5.68. The van der Waals surface area contributed by atoms with E-state index < -0.39 is 10.0 Å². The average Bonchev–Trinajstić information content (AvgIpc) is 3.67. The molecule has 0 bridgehead atoms. The van der Waals surface area contributed by atoms with Crippen LogP contribution in [0.2, 0.25) is 0 Å². The molecule has 178 valence electrons. The summed E-state index contributed by atoms with van der Waals surface area (Å²) in [6.07, 6.45) is 8.60. The van der Waals surface area contributed by atoms with Crippen molar-refractivity contribution in [3.05, 3.63) is 65.2 Å². The maximum Gasteiger partial charge on any atom is 0.251 e. The number of nitrogens with zero attached hydrogens (tertiary/aromatic N) is 1. The molecule has 0 atom stereocenters. The van der Waals surface area contributed by atoms with E-state index in [-0.39, 0.29) is 10.8 Å². The van der Waals surface area contributed by atoms with Gasteiger partial charge in [0.15, 0.2) is 0 Å². The normalized spacial score (nSPS) is 17.3. The Morgan fingerprint density at radius 1 is 0.970 bits per heavy atom. The van der Waals surface area contributed by atoms with Crippen LogP contribution < -0.4 is 10.0 Å². The molecule has 2 N–H and O–H groups in total. The molecular weight excluding hydrogens is 434 g/mol. The van der Waals surface area contributed by atoms with E-state index in [1.807, 2.05) is 18.2 Å². The highest BCUT2D eigenvalue weighted by atomic mass is 32.2. The summed E-state index contributed by atoms with van der Waals surface area (Å²) in [5, 5.41) is 2.97. The molecule has 1 amide bonds. The maximum absolute atomic E-state index is 12.8. The predicted molar refractivity (Wildman–Crippen MR) is 130 cm³/mol. The summed E-state index contributed by atoms with van der Waals surface area (Å²) < 4.78 is 27.7. The SMILES string of the molecule is CN(Cc1ccccc1CNC(=O)c1cccc(S(=O)(=O)NCC2CC2)c1)C1CCCCC1. The molecule has 0 heterocycles. The summed E-state index contributed by atoms with van der Waals surface area (Å²) in [6.45, 7) is 1.73. The van der Waals surface area contributed by atoms with Crippen LogP contribution in [0, 0.1) is 5.92 Å². The van der Waals surface area contributed by atoms with Gasteiger partial charge in [-0.15, -0.1) is 0 Å². The minimum absolute atomic E-state index is 0.130. The lowest BCUT2D eigenvalue weighted by molar-refractivity contribution is 0.0950. The van der Waals surface area contributed by atoms with Crippen molar-refractivity contribution in [2.75, 3.05) is 13.6 Å². The van der Waals surface area contributed by atoms with E-state index in [0.29, 0.717) is 30.6 Å². The highest BCUT2D eigenvalue weighted by Gasteiger charge is 2.25. The number of carbonyl (C=O) groups excluding carboxylic acids is 1. The molecule has 2 aliphatic rings. The number of hydrogen-bond acceptors (Lipinski definition) is 4. The van der Waals surface area contributed by atoms with Gasteiger partial charge in [-0.3, -0.25) is 9.69 Å². The van der Waals surface area contributed by atoms with Crippen LogP contribution in [0.15, 0.2) is 53.4 Å². The third-order valence-corrected chi connectivity index (χ3v) is 8.26. The standard InChI is InChI=1S/C26H35N3O3S/c1-29(24-11-3-2-4-12-24)19-23-9-6-5-8-22(23)18-27-26(30)21-10-7-13-25(16-21)33(31,32)28-17-20-14-15-20/h5-10,13,16,20,24,28H,2-4,11-12,14-15,17-19H2,1H3,(H,27,30). The summed E-state index contributed by atoms with van der Waals surface area (Å²) in [7, 11) is -1.42. The first-order valence-electron chi connectivity index (χ1n) is 12.1. The average molecular weight is 470 g/mol. The molecule has 2 saturated carbocycles. The molecule has 0 aromatic heterocycles. The molecule has 4 rings (SSSR count).